The molecule has 2 rings (SSSR count). The first-order chi connectivity index (χ1) is 10.3. The van der Waals surface area contributed by atoms with Gasteiger partial charge in [0.25, 0.3) is 0 Å². The normalized spacial score (nSPS) is 12.9. The van der Waals surface area contributed by atoms with E-state index in [0.29, 0.717) is 19.8 Å². The molecule has 0 saturated carbocycles. The summed E-state index contributed by atoms with van der Waals surface area (Å²) >= 11 is 0. The Kier molecular flexibility index (Phi) is 6.23. The molecule has 1 unspecified atom stereocenters. The van der Waals surface area contributed by atoms with Crippen molar-refractivity contribution in [2.75, 3.05) is 33.5 Å². The Hall–Kier alpha value is -1.36. The highest BCUT2D eigenvalue weighted by molar-refractivity contribution is 5.80. The molecule has 0 aliphatic rings. The van der Waals surface area contributed by atoms with Crippen molar-refractivity contribution >= 4 is 11.0 Å². The standard InChI is InChI=1S/C17H25NO3/c1-4-18-15(8-9-20-11-10-19-3)16-12-14-7-5-6-13(2)17(14)21-16/h5-7,12,15,18H,4,8-11H2,1-3H3. The smallest absolute Gasteiger partial charge is 0.137 e. The molecule has 21 heavy (non-hydrogen) atoms. The Morgan fingerprint density at radius 1 is 1.24 bits per heavy atom. The Bertz CT molecular complexity index is 550. The fourth-order valence-corrected chi connectivity index (χ4v) is 2.44. The molecule has 0 aliphatic carbocycles. The second kappa shape index (κ2) is 8.17. The van der Waals surface area contributed by atoms with Crippen LogP contribution in [0.25, 0.3) is 11.0 Å². The van der Waals surface area contributed by atoms with Crippen molar-refractivity contribution in [3.8, 4) is 0 Å². The zero-order chi connectivity index (χ0) is 15.1. The summed E-state index contributed by atoms with van der Waals surface area (Å²) in [6.45, 7) is 7.04. The quantitative estimate of drug-likeness (QED) is 0.719. The van der Waals surface area contributed by atoms with Crippen LogP contribution in [0, 0.1) is 6.92 Å². The van der Waals surface area contributed by atoms with E-state index in [4.69, 9.17) is 13.9 Å². The average molecular weight is 291 g/mol. The summed E-state index contributed by atoms with van der Waals surface area (Å²) < 4.78 is 16.6. The zero-order valence-corrected chi connectivity index (χ0v) is 13.1. The third-order valence-electron chi connectivity index (χ3n) is 3.54. The molecular weight excluding hydrogens is 266 g/mol. The number of rotatable bonds is 9. The number of hydrogen-bond acceptors (Lipinski definition) is 4. The number of ether oxygens (including phenoxy) is 2. The van der Waals surface area contributed by atoms with Crippen molar-refractivity contribution < 1.29 is 13.9 Å². The molecule has 1 heterocycles. The van der Waals surface area contributed by atoms with Crippen molar-refractivity contribution in [3.63, 3.8) is 0 Å². The topological polar surface area (TPSA) is 43.6 Å². The fourth-order valence-electron chi connectivity index (χ4n) is 2.44. The van der Waals surface area contributed by atoms with Gasteiger partial charge in [0.2, 0.25) is 0 Å². The first-order valence-electron chi connectivity index (χ1n) is 7.55. The van der Waals surface area contributed by atoms with Gasteiger partial charge in [-0.1, -0.05) is 25.1 Å². The number of aryl methyl sites for hydroxylation is 1. The maximum atomic E-state index is 6.05. The third-order valence-corrected chi connectivity index (χ3v) is 3.54. The van der Waals surface area contributed by atoms with Gasteiger partial charge in [-0.3, -0.25) is 0 Å². The first-order valence-corrected chi connectivity index (χ1v) is 7.55. The van der Waals surface area contributed by atoms with Crippen LogP contribution in [0.15, 0.2) is 28.7 Å². The van der Waals surface area contributed by atoms with Crippen LogP contribution in [0.5, 0.6) is 0 Å². The average Bonchev–Trinajstić information content (AvgIpc) is 2.91. The van der Waals surface area contributed by atoms with Crippen molar-refractivity contribution in [1.82, 2.24) is 5.32 Å². The number of methoxy groups -OCH3 is 1. The van der Waals surface area contributed by atoms with E-state index < -0.39 is 0 Å². The van der Waals surface area contributed by atoms with Crippen molar-refractivity contribution in [1.29, 1.82) is 0 Å². The Balaban J connectivity index is 2.03. The van der Waals surface area contributed by atoms with E-state index in [1.165, 1.54) is 5.56 Å². The third kappa shape index (κ3) is 4.30. The highest BCUT2D eigenvalue weighted by Crippen LogP contribution is 2.27. The predicted octanol–water partition coefficient (Wildman–Crippen LogP) is 3.44. The monoisotopic (exact) mass is 291 g/mol. The number of benzene rings is 1. The van der Waals surface area contributed by atoms with Crippen molar-refractivity contribution in [3.05, 3.63) is 35.6 Å². The Morgan fingerprint density at radius 2 is 2.10 bits per heavy atom. The van der Waals surface area contributed by atoms with Crippen LogP contribution in [-0.2, 0) is 9.47 Å². The molecule has 4 nitrogen and oxygen atoms in total. The van der Waals surface area contributed by atoms with Gasteiger partial charge in [-0.05, 0) is 31.5 Å². The number of hydrogen-bond donors (Lipinski definition) is 1. The summed E-state index contributed by atoms with van der Waals surface area (Å²) in [7, 11) is 1.68. The number of furan rings is 1. The van der Waals surface area contributed by atoms with Gasteiger partial charge >= 0.3 is 0 Å². The lowest BCUT2D eigenvalue weighted by molar-refractivity contribution is 0.0650. The minimum Gasteiger partial charge on any atom is -0.459 e. The van der Waals surface area contributed by atoms with E-state index in [1.807, 2.05) is 0 Å². The van der Waals surface area contributed by atoms with Crippen LogP contribution in [0.4, 0.5) is 0 Å². The van der Waals surface area contributed by atoms with Crippen LogP contribution >= 0.6 is 0 Å². The van der Waals surface area contributed by atoms with Crippen molar-refractivity contribution in [2.45, 2.75) is 26.3 Å². The van der Waals surface area contributed by atoms with Crippen LogP contribution < -0.4 is 5.32 Å². The molecular formula is C17H25NO3. The molecule has 0 bridgehead atoms. The van der Waals surface area contributed by atoms with E-state index in [2.05, 4.69) is 43.4 Å². The Labute approximate surface area is 126 Å². The lowest BCUT2D eigenvalue weighted by Crippen LogP contribution is -2.22. The maximum Gasteiger partial charge on any atom is 0.137 e. The predicted molar refractivity (Wildman–Crippen MR) is 84.7 cm³/mol. The minimum atomic E-state index is 0.185. The van der Waals surface area contributed by atoms with Gasteiger partial charge in [0, 0.05) is 19.1 Å². The molecule has 0 fully saturated rings. The molecule has 0 amide bonds. The summed E-state index contributed by atoms with van der Waals surface area (Å²) in [4.78, 5) is 0. The Morgan fingerprint density at radius 3 is 2.81 bits per heavy atom. The molecule has 1 aromatic heterocycles. The van der Waals surface area contributed by atoms with Gasteiger partial charge in [-0.25, -0.2) is 0 Å². The molecule has 1 aromatic carbocycles. The van der Waals surface area contributed by atoms with Gasteiger partial charge in [0.15, 0.2) is 0 Å². The van der Waals surface area contributed by atoms with E-state index >= 15 is 0 Å². The molecule has 1 N–H and O–H groups in total. The van der Waals surface area contributed by atoms with Crippen LogP contribution in [-0.4, -0.2) is 33.5 Å². The van der Waals surface area contributed by atoms with Crippen LogP contribution in [0.3, 0.4) is 0 Å². The van der Waals surface area contributed by atoms with Gasteiger partial charge in [-0.2, -0.15) is 0 Å². The molecule has 116 valence electrons. The van der Waals surface area contributed by atoms with Gasteiger partial charge in [-0.15, -0.1) is 0 Å². The molecule has 0 radical (unpaired) electrons. The van der Waals surface area contributed by atoms with E-state index in [9.17, 15) is 0 Å². The summed E-state index contributed by atoms with van der Waals surface area (Å²) in [5, 5.41) is 4.63. The zero-order valence-electron chi connectivity index (χ0n) is 13.1. The van der Waals surface area contributed by atoms with Crippen molar-refractivity contribution in [2.24, 2.45) is 0 Å². The summed E-state index contributed by atoms with van der Waals surface area (Å²) in [6, 6.07) is 8.54. The van der Waals surface area contributed by atoms with Gasteiger partial charge in [0.1, 0.15) is 11.3 Å². The first kappa shape index (κ1) is 16.0. The molecule has 2 aromatic rings. The van der Waals surface area contributed by atoms with E-state index in [1.54, 1.807) is 7.11 Å². The largest absolute Gasteiger partial charge is 0.459 e. The second-order valence-corrected chi connectivity index (χ2v) is 5.15. The van der Waals surface area contributed by atoms with E-state index in [0.717, 1.165) is 29.7 Å². The molecule has 0 spiro atoms. The number of para-hydroxylation sites is 1. The molecule has 1 atom stereocenters. The molecule has 4 heteroatoms. The number of nitrogens with one attached hydrogen (secondary N) is 1. The summed E-state index contributed by atoms with van der Waals surface area (Å²) in [6.07, 6.45) is 0.885. The second-order valence-electron chi connectivity index (χ2n) is 5.15. The maximum absolute atomic E-state index is 6.05. The summed E-state index contributed by atoms with van der Waals surface area (Å²) in [5.41, 5.74) is 2.15. The lowest BCUT2D eigenvalue weighted by Gasteiger charge is -2.15. The molecule has 0 saturated heterocycles. The minimum absolute atomic E-state index is 0.185. The van der Waals surface area contributed by atoms with E-state index in [-0.39, 0.29) is 6.04 Å². The lowest BCUT2D eigenvalue weighted by atomic mass is 10.1. The fraction of sp³-hybridized carbons (Fsp3) is 0.529. The molecule has 0 aliphatic heterocycles. The number of fused-ring (bicyclic) bond motifs is 1. The van der Waals surface area contributed by atoms with Gasteiger partial charge < -0.3 is 19.2 Å². The van der Waals surface area contributed by atoms with Crippen LogP contribution in [0.1, 0.15) is 30.7 Å². The van der Waals surface area contributed by atoms with Crippen LogP contribution in [0.2, 0.25) is 0 Å². The highest BCUT2D eigenvalue weighted by atomic mass is 16.5. The SMILES string of the molecule is CCNC(CCOCCOC)c1cc2cccc(C)c2o1. The summed E-state index contributed by atoms with van der Waals surface area (Å²) in [5.74, 6) is 0.983. The highest BCUT2D eigenvalue weighted by Gasteiger charge is 2.16. The van der Waals surface area contributed by atoms with Gasteiger partial charge in [0.05, 0.1) is 19.3 Å².